The zero-order chi connectivity index (χ0) is 12.3. The highest BCUT2D eigenvalue weighted by atomic mass is 16.3. The minimum atomic E-state index is 0.128. The molecule has 0 aliphatic heterocycles. The molecule has 0 heterocycles. The van der Waals surface area contributed by atoms with Gasteiger partial charge in [0.2, 0.25) is 0 Å². The lowest BCUT2D eigenvalue weighted by atomic mass is 9.87. The van der Waals surface area contributed by atoms with Crippen LogP contribution in [0.3, 0.4) is 0 Å². The molecule has 2 N–H and O–H groups in total. The third-order valence-electron chi connectivity index (χ3n) is 3.98. The summed E-state index contributed by atoms with van der Waals surface area (Å²) < 4.78 is 0. The van der Waals surface area contributed by atoms with Gasteiger partial charge in [-0.1, -0.05) is 44.5 Å². The molecule has 2 heteroatoms. The molecule has 1 aliphatic rings. The molecule has 2 nitrogen and oxygen atoms in total. The monoisotopic (exact) mass is 233 g/mol. The molecule has 0 spiro atoms. The predicted octanol–water partition coefficient (Wildman–Crippen LogP) is 2.85. The van der Waals surface area contributed by atoms with Crippen LogP contribution in [0.2, 0.25) is 0 Å². The number of aliphatic hydroxyl groups is 1. The molecule has 1 aliphatic carbocycles. The minimum absolute atomic E-state index is 0.128. The maximum Gasteiger partial charge on any atom is 0.0681 e. The largest absolute Gasteiger partial charge is 0.392 e. The lowest BCUT2D eigenvalue weighted by Crippen LogP contribution is -2.37. The minimum Gasteiger partial charge on any atom is -0.392 e. The van der Waals surface area contributed by atoms with Crippen molar-refractivity contribution in [2.24, 2.45) is 5.41 Å². The van der Waals surface area contributed by atoms with Crippen LogP contribution in [0.15, 0.2) is 24.3 Å². The van der Waals surface area contributed by atoms with Crippen molar-refractivity contribution in [3.63, 3.8) is 0 Å². The highest BCUT2D eigenvalue weighted by Gasteiger charge is 2.33. The maximum absolute atomic E-state index is 9.10. The molecule has 1 unspecified atom stereocenters. The maximum atomic E-state index is 9.10. The average molecular weight is 233 g/mol. The molecule has 1 aromatic rings. The van der Waals surface area contributed by atoms with Crippen molar-refractivity contribution in [2.75, 3.05) is 0 Å². The Bertz CT molecular complexity index is 373. The fourth-order valence-corrected chi connectivity index (χ4v) is 2.78. The van der Waals surface area contributed by atoms with E-state index in [4.69, 9.17) is 5.11 Å². The van der Waals surface area contributed by atoms with Gasteiger partial charge in [0.15, 0.2) is 0 Å². The van der Waals surface area contributed by atoms with Gasteiger partial charge >= 0.3 is 0 Å². The van der Waals surface area contributed by atoms with E-state index in [1.54, 1.807) is 0 Å². The van der Waals surface area contributed by atoms with Crippen molar-refractivity contribution in [2.45, 2.75) is 52.3 Å². The SMILES string of the molecule is CC1(C)CCCC1NCc1cccc(CO)c1. The molecule has 0 radical (unpaired) electrons. The first-order valence-corrected chi connectivity index (χ1v) is 6.54. The van der Waals surface area contributed by atoms with Crippen LogP contribution in [0.1, 0.15) is 44.2 Å². The van der Waals surface area contributed by atoms with Gasteiger partial charge in [0.25, 0.3) is 0 Å². The quantitative estimate of drug-likeness (QED) is 0.838. The predicted molar refractivity (Wildman–Crippen MR) is 70.6 cm³/mol. The van der Waals surface area contributed by atoms with Crippen molar-refractivity contribution in [3.05, 3.63) is 35.4 Å². The highest BCUT2D eigenvalue weighted by molar-refractivity contribution is 5.22. The van der Waals surface area contributed by atoms with E-state index in [9.17, 15) is 0 Å². The Balaban J connectivity index is 1.93. The molecule has 1 fully saturated rings. The molecular weight excluding hydrogens is 210 g/mol. The van der Waals surface area contributed by atoms with Crippen LogP contribution in [0, 0.1) is 5.41 Å². The van der Waals surface area contributed by atoms with E-state index in [2.05, 4.69) is 31.3 Å². The second-order valence-corrected chi connectivity index (χ2v) is 5.79. The van der Waals surface area contributed by atoms with E-state index in [0.29, 0.717) is 11.5 Å². The van der Waals surface area contributed by atoms with Crippen LogP contribution in [-0.2, 0) is 13.2 Å². The van der Waals surface area contributed by atoms with Crippen molar-refractivity contribution in [1.29, 1.82) is 0 Å². The van der Waals surface area contributed by atoms with Gasteiger partial charge in [-0.3, -0.25) is 0 Å². The molecule has 0 aromatic heterocycles. The molecule has 0 amide bonds. The zero-order valence-electron chi connectivity index (χ0n) is 10.9. The Labute approximate surface area is 104 Å². The van der Waals surface area contributed by atoms with Gasteiger partial charge in [-0.05, 0) is 29.4 Å². The van der Waals surface area contributed by atoms with Crippen molar-refractivity contribution in [1.82, 2.24) is 5.32 Å². The van der Waals surface area contributed by atoms with Gasteiger partial charge < -0.3 is 10.4 Å². The number of aliphatic hydroxyl groups excluding tert-OH is 1. The summed E-state index contributed by atoms with van der Waals surface area (Å²) in [5.41, 5.74) is 2.68. The molecule has 1 aromatic carbocycles. The third kappa shape index (κ3) is 3.08. The first-order chi connectivity index (χ1) is 8.12. The molecule has 0 saturated heterocycles. The summed E-state index contributed by atoms with van der Waals surface area (Å²) >= 11 is 0. The van der Waals surface area contributed by atoms with Crippen LogP contribution >= 0.6 is 0 Å². The van der Waals surface area contributed by atoms with E-state index in [-0.39, 0.29) is 6.61 Å². The molecule has 1 atom stereocenters. The van der Waals surface area contributed by atoms with Gasteiger partial charge in [-0.2, -0.15) is 0 Å². The fourth-order valence-electron chi connectivity index (χ4n) is 2.78. The lowest BCUT2D eigenvalue weighted by Gasteiger charge is -2.28. The van der Waals surface area contributed by atoms with E-state index in [1.165, 1.54) is 24.8 Å². The van der Waals surface area contributed by atoms with Crippen LogP contribution in [-0.4, -0.2) is 11.1 Å². The van der Waals surface area contributed by atoms with Crippen LogP contribution in [0.4, 0.5) is 0 Å². The average Bonchev–Trinajstić information content (AvgIpc) is 2.66. The second kappa shape index (κ2) is 5.19. The van der Waals surface area contributed by atoms with Crippen LogP contribution < -0.4 is 5.32 Å². The zero-order valence-corrected chi connectivity index (χ0v) is 10.9. The van der Waals surface area contributed by atoms with Gasteiger partial charge in [0.05, 0.1) is 6.61 Å². The summed E-state index contributed by atoms with van der Waals surface area (Å²) in [6, 6.07) is 8.80. The van der Waals surface area contributed by atoms with E-state index < -0.39 is 0 Å². The van der Waals surface area contributed by atoms with Gasteiger partial charge in [-0.15, -0.1) is 0 Å². The van der Waals surface area contributed by atoms with Gasteiger partial charge in [0, 0.05) is 12.6 Å². The van der Waals surface area contributed by atoms with Gasteiger partial charge in [0.1, 0.15) is 0 Å². The normalized spacial score (nSPS) is 22.9. The summed E-state index contributed by atoms with van der Waals surface area (Å²) in [5.74, 6) is 0. The first kappa shape index (κ1) is 12.6. The molecule has 2 rings (SSSR count). The van der Waals surface area contributed by atoms with Crippen molar-refractivity contribution >= 4 is 0 Å². The number of nitrogens with one attached hydrogen (secondary N) is 1. The number of hydrogen-bond donors (Lipinski definition) is 2. The standard InChI is InChI=1S/C15H23NO/c1-15(2)8-4-7-14(15)16-10-12-5-3-6-13(9-12)11-17/h3,5-6,9,14,16-17H,4,7-8,10-11H2,1-2H3. The molecule has 1 saturated carbocycles. The van der Waals surface area contributed by atoms with Crippen LogP contribution in [0.25, 0.3) is 0 Å². The third-order valence-corrected chi connectivity index (χ3v) is 3.98. The molecule has 94 valence electrons. The Hall–Kier alpha value is -0.860. The van der Waals surface area contributed by atoms with Crippen molar-refractivity contribution < 1.29 is 5.11 Å². The lowest BCUT2D eigenvalue weighted by molar-refractivity contribution is 0.279. The first-order valence-electron chi connectivity index (χ1n) is 6.54. The fraction of sp³-hybridized carbons (Fsp3) is 0.600. The molecule has 0 bridgehead atoms. The summed E-state index contributed by atoms with van der Waals surface area (Å²) in [6.07, 6.45) is 3.94. The summed E-state index contributed by atoms with van der Waals surface area (Å²) in [4.78, 5) is 0. The Morgan fingerprint density at radius 2 is 2.12 bits per heavy atom. The summed E-state index contributed by atoms with van der Waals surface area (Å²) in [6.45, 7) is 5.73. The molecular formula is C15H23NO. The van der Waals surface area contributed by atoms with E-state index in [1.807, 2.05) is 12.1 Å². The molecule has 17 heavy (non-hydrogen) atoms. The topological polar surface area (TPSA) is 32.3 Å². The number of hydrogen-bond acceptors (Lipinski definition) is 2. The van der Waals surface area contributed by atoms with E-state index >= 15 is 0 Å². The number of rotatable bonds is 4. The Kier molecular flexibility index (Phi) is 3.85. The Morgan fingerprint density at radius 3 is 2.76 bits per heavy atom. The number of benzene rings is 1. The smallest absolute Gasteiger partial charge is 0.0681 e. The van der Waals surface area contributed by atoms with Gasteiger partial charge in [-0.25, -0.2) is 0 Å². The van der Waals surface area contributed by atoms with Crippen LogP contribution in [0.5, 0.6) is 0 Å². The van der Waals surface area contributed by atoms with E-state index in [0.717, 1.165) is 12.1 Å². The van der Waals surface area contributed by atoms with Crippen molar-refractivity contribution in [3.8, 4) is 0 Å². The Morgan fingerprint density at radius 1 is 1.35 bits per heavy atom. The summed E-state index contributed by atoms with van der Waals surface area (Å²) in [7, 11) is 0. The second-order valence-electron chi connectivity index (χ2n) is 5.79. The highest BCUT2D eigenvalue weighted by Crippen LogP contribution is 2.37. The summed E-state index contributed by atoms with van der Waals surface area (Å²) in [5, 5.41) is 12.8.